The van der Waals surface area contributed by atoms with Crippen LogP contribution in [-0.4, -0.2) is 49.3 Å². The lowest BCUT2D eigenvalue weighted by atomic mass is 9.90. The number of carboxylic acids is 1. The first-order valence-electron chi connectivity index (χ1n) is 5.75. The van der Waals surface area contributed by atoms with Gasteiger partial charge >= 0.3 is 5.97 Å². The Balaban J connectivity index is 3.99. The number of hydrogen-bond acceptors (Lipinski definition) is 4. The summed E-state index contributed by atoms with van der Waals surface area (Å²) in [4.78, 5) is 12.5. The molecule has 0 fully saturated rings. The van der Waals surface area contributed by atoms with Crippen LogP contribution < -0.4 is 0 Å². The molecule has 0 aromatic rings. The molecule has 1 N–H and O–H groups in total. The number of hydrogen-bond donors (Lipinski definition) is 1. The Morgan fingerprint density at radius 2 is 2.12 bits per heavy atom. The van der Waals surface area contributed by atoms with Gasteiger partial charge in [0.15, 0.2) is 0 Å². The lowest BCUT2D eigenvalue weighted by molar-refractivity contribution is -0.138. The molecular formula is C12H22N2O3. The van der Waals surface area contributed by atoms with Crippen molar-refractivity contribution in [3.8, 4) is 6.07 Å². The Labute approximate surface area is 103 Å². The third-order valence-corrected chi connectivity index (χ3v) is 2.55. The number of carboxylic acid groups (broad SMARTS) is 1. The van der Waals surface area contributed by atoms with E-state index in [1.807, 2.05) is 18.7 Å². The van der Waals surface area contributed by atoms with E-state index in [4.69, 9.17) is 15.1 Å². The molecule has 0 rings (SSSR count). The predicted molar refractivity (Wildman–Crippen MR) is 64.6 cm³/mol. The largest absolute Gasteiger partial charge is 0.480 e. The van der Waals surface area contributed by atoms with E-state index in [1.54, 1.807) is 7.11 Å². The fourth-order valence-corrected chi connectivity index (χ4v) is 1.48. The first kappa shape index (κ1) is 15.9. The van der Waals surface area contributed by atoms with Gasteiger partial charge in [0.05, 0.1) is 24.6 Å². The molecule has 5 heteroatoms. The monoisotopic (exact) mass is 242 g/mol. The van der Waals surface area contributed by atoms with Crippen molar-refractivity contribution < 1.29 is 14.6 Å². The predicted octanol–water partition coefficient (Wildman–Crippen LogP) is 1.35. The molecule has 0 spiro atoms. The average Bonchev–Trinajstić information content (AvgIpc) is 2.24. The van der Waals surface area contributed by atoms with Crippen molar-refractivity contribution >= 4 is 5.97 Å². The summed E-state index contributed by atoms with van der Waals surface area (Å²) < 4.78 is 4.94. The van der Waals surface area contributed by atoms with Crippen LogP contribution in [0.1, 0.15) is 26.7 Å². The van der Waals surface area contributed by atoms with Crippen LogP contribution in [0.2, 0.25) is 0 Å². The second-order valence-corrected chi connectivity index (χ2v) is 4.76. The molecule has 0 saturated heterocycles. The Hall–Kier alpha value is -1.12. The SMILES string of the molecule is COCCN(CCCC(C)(C)C#N)CC(=O)O. The molecule has 0 aliphatic heterocycles. The van der Waals surface area contributed by atoms with E-state index in [2.05, 4.69) is 6.07 Å². The fraction of sp³-hybridized carbons (Fsp3) is 0.833. The lowest BCUT2D eigenvalue weighted by Crippen LogP contribution is -2.34. The van der Waals surface area contributed by atoms with Gasteiger partial charge in [-0.15, -0.1) is 0 Å². The van der Waals surface area contributed by atoms with Gasteiger partial charge in [0, 0.05) is 13.7 Å². The second kappa shape index (κ2) is 8.04. The van der Waals surface area contributed by atoms with E-state index < -0.39 is 5.97 Å². The molecule has 0 aliphatic carbocycles. The van der Waals surface area contributed by atoms with Crippen LogP contribution in [0.5, 0.6) is 0 Å². The van der Waals surface area contributed by atoms with Gasteiger partial charge in [-0.2, -0.15) is 5.26 Å². The highest BCUT2D eigenvalue weighted by Crippen LogP contribution is 2.20. The molecule has 0 heterocycles. The highest BCUT2D eigenvalue weighted by atomic mass is 16.5. The van der Waals surface area contributed by atoms with E-state index in [9.17, 15) is 4.79 Å². The van der Waals surface area contributed by atoms with Crippen LogP contribution in [0, 0.1) is 16.7 Å². The van der Waals surface area contributed by atoms with Crippen molar-refractivity contribution in [2.24, 2.45) is 5.41 Å². The number of nitriles is 1. The molecule has 0 radical (unpaired) electrons. The first-order chi connectivity index (χ1) is 7.91. The summed E-state index contributed by atoms with van der Waals surface area (Å²) in [7, 11) is 1.59. The fourth-order valence-electron chi connectivity index (χ4n) is 1.48. The molecule has 5 nitrogen and oxygen atoms in total. The summed E-state index contributed by atoms with van der Waals surface area (Å²) in [5, 5.41) is 17.6. The summed E-state index contributed by atoms with van der Waals surface area (Å²) in [5.41, 5.74) is -0.337. The minimum absolute atomic E-state index is 0.0241. The number of ether oxygens (including phenoxy) is 1. The molecule has 0 aliphatic rings. The topological polar surface area (TPSA) is 73.6 Å². The lowest BCUT2D eigenvalue weighted by Gasteiger charge is -2.21. The number of nitrogens with zero attached hydrogens (tertiary/aromatic N) is 2. The third-order valence-electron chi connectivity index (χ3n) is 2.55. The molecule has 0 unspecified atom stereocenters. The minimum atomic E-state index is -0.833. The Bertz CT molecular complexity index is 271. The zero-order valence-corrected chi connectivity index (χ0v) is 10.9. The van der Waals surface area contributed by atoms with Crippen LogP contribution in [0.25, 0.3) is 0 Å². The van der Waals surface area contributed by atoms with Crippen molar-refractivity contribution in [2.75, 3.05) is 33.4 Å². The van der Waals surface area contributed by atoms with Gasteiger partial charge in [-0.1, -0.05) is 0 Å². The van der Waals surface area contributed by atoms with Crippen molar-refractivity contribution in [1.29, 1.82) is 5.26 Å². The number of methoxy groups -OCH3 is 1. The summed E-state index contributed by atoms with van der Waals surface area (Å²) >= 11 is 0. The summed E-state index contributed by atoms with van der Waals surface area (Å²) in [5.74, 6) is -0.833. The zero-order chi connectivity index (χ0) is 13.3. The second-order valence-electron chi connectivity index (χ2n) is 4.76. The first-order valence-corrected chi connectivity index (χ1v) is 5.75. The maximum atomic E-state index is 10.7. The molecule has 0 atom stereocenters. The quantitative estimate of drug-likeness (QED) is 0.660. The number of aliphatic carboxylic acids is 1. The summed E-state index contributed by atoms with van der Waals surface area (Å²) in [6.07, 6.45) is 1.59. The van der Waals surface area contributed by atoms with Gasteiger partial charge < -0.3 is 9.84 Å². The molecule has 17 heavy (non-hydrogen) atoms. The maximum absolute atomic E-state index is 10.7. The third kappa shape index (κ3) is 8.66. The van der Waals surface area contributed by atoms with Crippen LogP contribution in [0.4, 0.5) is 0 Å². The highest BCUT2D eigenvalue weighted by molar-refractivity contribution is 5.69. The van der Waals surface area contributed by atoms with Crippen LogP contribution in [0.3, 0.4) is 0 Å². The molecular weight excluding hydrogens is 220 g/mol. The Morgan fingerprint density at radius 3 is 2.59 bits per heavy atom. The van der Waals surface area contributed by atoms with Gasteiger partial charge in [0.2, 0.25) is 0 Å². The normalized spacial score (nSPS) is 11.5. The van der Waals surface area contributed by atoms with Gasteiger partial charge in [-0.25, -0.2) is 0 Å². The van der Waals surface area contributed by atoms with E-state index in [0.29, 0.717) is 19.7 Å². The van der Waals surface area contributed by atoms with Crippen LogP contribution in [0.15, 0.2) is 0 Å². The van der Waals surface area contributed by atoms with E-state index in [0.717, 1.165) is 12.8 Å². The van der Waals surface area contributed by atoms with Crippen molar-refractivity contribution in [3.63, 3.8) is 0 Å². The maximum Gasteiger partial charge on any atom is 0.317 e. The highest BCUT2D eigenvalue weighted by Gasteiger charge is 2.17. The van der Waals surface area contributed by atoms with Crippen LogP contribution >= 0.6 is 0 Å². The average molecular weight is 242 g/mol. The van der Waals surface area contributed by atoms with Crippen molar-refractivity contribution in [1.82, 2.24) is 4.90 Å². The molecule has 0 bridgehead atoms. The molecule has 98 valence electrons. The molecule has 0 aromatic carbocycles. The van der Waals surface area contributed by atoms with Crippen molar-refractivity contribution in [2.45, 2.75) is 26.7 Å². The molecule has 0 aromatic heterocycles. The minimum Gasteiger partial charge on any atom is -0.480 e. The Morgan fingerprint density at radius 1 is 1.47 bits per heavy atom. The summed E-state index contributed by atoms with van der Waals surface area (Å²) in [6.45, 7) is 5.62. The van der Waals surface area contributed by atoms with E-state index in [-0.39, 0.29) is 12.0 Å². The molecule has 0 saturated carbocycles. The van der Waals surface area contributed by atoms with Gasteiger partial charge in [0.1, 0.15) is 0 Å². The molecule has 0 amide bonds. The van der Waals surface area contributed by atoms with Gasteiger partial charge in [-0.3, -0.25) is 9.69 Å². The standard InChI is InChI=1S/C12H22N2O3/c1-12(2,10-13)5-4-6-14(7-8-17-3)9-11(15)16/h4-9H2,1-3H3,(H,15,16). The smallest absolute Gasteiger partial charge is 0.317 e. The van der Waals surface area contributed by atoms with Gasteiger partial charge in [0.25, 0.3) is 0 Å². The number of carbonyl (C=O) groups is 1. The van der Waals surface area contributed by atoms with E-state index >= 15 is 0 Å². The van der Waals surface area contributed by atoms with Gasteiger partial charge in [-0.05, 0) is 33.2 Å². The van der Waals surface area contributed by atoms with Crippen molar-refractivity contribution in [3.05, 3.63) is 0 Å². The van der Waals surface area contributed by atoms with E-state index in [1.165, 1.54) is 0 Å². The summed E-state index contributed by atoms with van der Waals surface area (Å²) in [6, 6.07) is 2.24. The number of rotatable bonds is 9. The zero-order valence-electron chi connectivity index (χ0n) is 10.9. The van der Waals surface area contributed by atoms with Crippen LogP contribution in [-0.2, 0) is 9.53 Å². The Kier molecular flexibility index (Phi) is 7.51.